The Kier molecular flexibility index (Phi) is 8.23. The third-order valence-corrected chi connectivity index (χ3v) is 5.78. The van der Waals surface area contributed by atoms with Gasteiger partial charge in [0.1, 0.15) is 0 Å². The molecule has 0 saturated heterocycles. The normalized spacial score (nSPS) is 11.3. The maximum Gasteiger partial charge on any atom is 0.255 e. The second kappa shape index (κ2) is 10.9. The molecule has 0 radical (unpaired) electrons. The Morgan fingerprint density at radius 1 is 0.853 bits per heavy atom. The van der Waals surface area contributed by atoms with Gasteiger partial charge in [0.15, 0.2) is 5.78 Å². The molecule has 0 atom stereocenters. The lowest BCUT2D eigenvalue weighted by Gasteiger charge is -2.21. The smallest absolute Gasteiger partial charge is 0.255 e. The van der Waals surface area contributed by atoms with E-state index >= 15 is 0 Å². The first kappa shape index (κ1) is 25.6. The summed E-state index contributed by atoms with van der Waals surface area (Å²) in [5.41, 5.74) is 1.82. The van der Waals surface area contributed by atoms with E-state index in [0.29, 0.717) is 25.8 Å². The predicted molar refractivity (Wildman–Crippen MR) is 143 cm³/mol. The van der Waals surface area contributed by atoms with E-state index in [1.54, 1.807) is 60.7 Å². The highest BCUT2D eigenvalue weighted by Crippen LogP contribution is 2.28. The van der Waals surface area contributed by atoms with E-state index in [0.717, 1.165) is 0 Å². The number of allylic oxidation sites excluding steroid dienone is 1. The van der Waals surface area contributed by atoms with Gasteiger partial charge >= 0.3 is 0 Å². The van der Waals surface area contributed by atoms with Crippen LogP contribution in [-0.4, -0.2) is 23.1 Å². The first-order valence-corrected chi connectivity index (χ1v) is 12.1. The van der Waals surface area contributed by atoms with Gasteiger partial charge in [-0.05, 0) is 84.7 Å². The van der Waals surface area contributed by atoms with Crippen molar-refractivity contribution < 1.29 is 14.4 Å². The van der Waals surface area contributed by atoms with Crippen molar-refractivity contribution in [2.45, 2.75) is 26.3 Å². The number of amides is 2. The number of anilines is 1. The number of nitrogens with one attached hydrogen (secondary N) is 2. The van der Waals surface area contributed by atoms with Gasteiger partial charge in [-0.15, -0.1) is 0 Å². The Morgan fingerprint density at radius 3 is 2.18 bits per heavy atom. The maximum atomic E-state index is 13.2. The fourth-order valence-electron chi connectivity index (χ4n) is 3.20. The van der Waals surface area contributed by atoms with E-state index in [-0.39, 0.29) is 28.7 Å². The molecule has 0 saturated carbocycles. The van der Waals surface area contributed by atoms with E-state index in [4.69, 9.17) is 0 Å². The minimum atomic E-state index is -0.460. The van der Waals surface area contributed by atoms with Crippen molar-refractivity contribution in [1.82, 2.24) is 5.32 Å². The summed E-state index contributed by atoms with van der Waals surface area (Å²) in [6.07, 6.45) is 3.03. The van der Waals surface area contributed by atoms with E-state index < -0.39 is 5.54 Å². The van der Waals surface area contributed by atoms with Gasteiger partial charge in [-0.25, -0.2) is 0 Å². The van der Waals surface area contributed by atoms with Gasteiger partial charge in [-0.1, -0.05) is 52.3 Å². The van der Waals surface area contributed by atoms with Crippen molar-refractivity contribution in [2.75, 3.05) is 5.32 Å². The fourth-order valence-corrected chi connectivity index (χ4v) is 4.62. The van der Waals surface area contributed by atoms with Gasteiger partial charge in [0.2, 0.25) is 0 Å². The molecule has 0 aromatic heterocycles. The quantitative estimate of drug-likeness (QED) is 0.245. The molecule has 0 aliphatic carbocycles. The van der Waals surface area contributed by atoms with Gasteiger partial charge in [-0.3, -0.25) is 14.4 Å². The highest BCUT2D eigenvalue weighted by atomic mass is 79.9. The van der Waals surface area contributed by atoms with Crippen molar-refractivity contribution in [2.24, 2.45) is 0 Å². The van der Waals surface area contributed by atoms with E-state index in [9.17, 15) is 14.4 Å². The van der Waals surface area contributed by atoms with Gasteiger partial charge in [-0.2, -0.15) is 0 Å². The molecule has 2 amide bonds. The zero-order valence-electron chi connectivity index (χ0n) is 19.0. The molecule has 0 aliphatic heterocycles. The Labute approximate surface area is 215 Å². The van der Waals surface area contributed by atoms with Crippen molar-refractivity contribution in [3.05, 3.63) is 104 Å². The molecule has 3 rings (SSSR count). The Balaban J connectivity index is 1.90. The molecule has 2 N–H and O–H groups in total. The standard InChI is InChI=1S/C27H24Br2N2O3/c1-27(2,3)31-26(34)20-15-19(28)16-21(29)24(20)23(32)14-13-17-9-7-8-12-22(17)30-25(33)18-10-5-4-6-11-18/h4-16H,1-3H3,(H,30,33)(H,31,34)/b14-13+. The first-order chi connectivity index (χ1) is 16.0. The van der Waals surface area contributed by atoms with Crippen LogP contribution < -0.4 is 10.6 Å². The number of hydrogen-bond donors (Lipinski definition) is 2. The summed E-state index contributed by atoms with van der Waals surface area (Å²) in [6.45, 7) is 5.62. The third kappa shape index (κ3) is 6.74. The van der Waals surface area contributed by atoms with Crippen LogP contribution in [0.1, 0.15) is 57.4 Å². The summed E-state index contributed by atoms with van der Waals surface area (Å²) in [4.78, 5) is 38.7. The highest BCUT2D eigenvalue weighted by molar-refractivity contribution is 9.11. The maximum absolute atomic E-state index is 13.2. The summed E-state index contributed by atoms with van der Waals surface area (Å²) in [5.74, 6) is -0.936. The summed E-state index contributed by atoms with van der Waals surface area (Å²) >= 11 is 6.82. The minimum Gasteiger partial charge on any atom is -0.347 e. The lowest BCUT2D eigenvalue weighted by atomic mass is 10.00. The van der Waals surface area contributed by atoms with E-state index in [1.165, 1.54) is 6.08 Å². The highest BCUT2D eigenvalue weighted by Gasteiger charge is 2.23. The van der Waals surface area contributed by atoms with Crippen LogP contribution in [0.25, 0.3) is 6.08 Å². The number of carbonyl (C=O) groups excluding carboxylic acids is 3. The minimum absolute atomic E-state index is 0.246. The predicted octanol–water partition coefficient (Wildman–Crippen LogP) is 6.89. The van der Waals surface area contributed by atoms with Crippen LogP contribution in [0, 0.1) is 0 Å². The van der Waals surface area contributed by atoms with Gasteiger partial charge in [0, 0.05) is 31.3 Å². The molecule has 174 valence electrons. The molecule has 0 bridgehead atoms. The van der Waals surface area contributed by atoms with E-state index in [1.807, 2.05) is 32.9 Å². The molecule has 3 aromatic rings. The lowest BCUT2D eigenvalue weighted by Crippen LogP contribution is -2.41. The number of carbonyl (C=O) groups is 3. The summed E-state index contributed by atoms with van der Waals surface area (Å²) in [7, 11) is 0. The SMILES string of the molecule is CC(C)(C)NC(=O)c1cc(Br)cc(Br)c1C(=O)/C=C/c1ccccc1NC(=O)c1ccccc1. The van der Waals surface area contributed by atoms with E-state index in [2.05, 4.69) is 42.5 Å². The second-order valence-electron chi connectivity index (χ2n) is 8.62. The summed E-state index contributed by atoms with van der Waals surface area (Å²) < 4.78 is 1.18. The van der Waals surface area contributed by atoms with Crippen LogP contribution in [0.4, 0.5) is 5.69 Å². The van der Waals surface area contributed by atoms with Gasteiger partial charge < -0.3 is 10.6 Å². The van der Waals surface area contributed by atoms with Crippen LogP contribution in [0.3, 0.4) is 0 Å². The molecule has 0 aliphatic rings. The largest absolute Gasteiger partial charge is 0.347 e. The molecule has 34 heavy (non-hydrogen) atoms. The van der Waals surface area contributed by atoms with Crippen LogP contribution in [-0.2, 0) is 0 Å². The van der Waals surface area contributed by atoms with Crippen LogP contribution in [0.15, 0.2) is 81.8 Å². The number of para-hydroxylation sites is 1. The fraction of sp³-hybridized carbons (Fsp3) is 0.148. The third-order valence-electron chi connectivity index (χ3n) is 4.69. The molecule has 0 heterocycles. The number of ketones is 1. The van der Waals surface area contributed by atoms with Gasteiger partial charge in [0.25, 0.3) is 11.8 Å². The monoisotopic (exact) mass is 582 g/mol. The number of benzene rings is 3. The lowest BCUT2D eigenvalue weighted by molar-refractivity contribution is 0.0910. The molecular weight excluding hydrogens is 560 g/mol. The zero-order chi connectivity index (χ0) is 24.9. The topological polar surface area (TPSA) is 75.3 Å². The molecule has 5 nitrogen and oxygen atoms in total. The second-order valence-corrected chi connectivity index (χ2v) is 10.4. The van der Waals surface area contributed by atoms with Crippen LogP contribution >= 0.6 is 31.9 Å². The van der Waals surface area contributed by atoms with Crippen molar-refractivity contribution >= 4 is 61.2 Å². The van der Waals surface area contributed by atoms with Crippen LogP contribution in [0.5, 0.6) is 0 Å². The number of rotatable bonds is 6. The molecule has 3 aromatic carbocycles. The van der Waals surface area contributed by atoms with Gasteiger partial charge in [0.05, 0.1) is 5.56 Å². The number of hydrogen-bond acceptors (Lipinski definition) is 3. The van der Waals surface area contributed by atoms with Crippen LogP contribution in [0.2, 0.25) is 0 Å². The first-order valence-electron chi connectivity index (χ1n) is 10.5. The summed E-state index contributed by atoms with van der Waals surface area (Å²) in [5, 5.41) is 5.78. The molecular formula is C27H24Br2N2O3. The molecule has 0 unspecified atom stereocenters. The van der Waals surface area contributed by atoms with Crippen molar-refractivity contribution in [3.8, 4) is 0 Å². The Hall–Kier alpha value is -3.03. The number of halogens is 2. The summed E-state index contributed by atoms with van der Waals surface area (Å²) in [6, 6.07) is 19.4. The van der Waals surface area contributed by atoms with Crippen molar-refractivity contribution in [1.29, 1.82) is 0 Å². The average molecular weight is 584 g/mol. The molecule has 0 fully saturated rings. The molecule has 0 spiro atoms. The molecule has 7 heteroatoms. The zero-order valence-corrected chi connectivity index (χ0v) is 22.2. The average Bonchev–Trinajstić information content (AvgIpc) is 2.77. The Morgan fingerprint density at radius 2 is 1.50 bits per heavy atom. The van der Waals surface area contributed by atoms with Crippen molar-refractivity contribution in [3.63, 3.8) is 0 Å². The Bertz CT molecular complexity index is 1260.